The Hall–Kier alpha value is -0.900. The van der Waals surface area contributed by atoms with Crippen molar-refractivity contribution in [3.8, 4) is 0 Å². The second-order valence-corrected chi connectivity index (χ2v) is 2.69. The van der Waals surface area contributed by atoms with E-state index in [9.17, 15) is 9.59 Å². The van der Waals surface area contributed by atoms with Gasteiger partial charge in [0.25, 0.3) is 0 Å². The number of rotatable bonds is 1. The highest BCUT2D eigenvalue weighted by Gasteiger charge is 2.22. The summed E-state index contributed by atoms with van der Waals surface area (Å²) in [6, 6.07) is -0.154. The van der Waals surface area contributed by atoms with E-state index in [4.69, 9.17) is 0 Å². The third-order valence-corrected chi connectivity index (χ3v) is 1.68. The molecular formula is C7H12N2O2. The van der Waals surface area contributed by atoms with E-state index in [1.54, 1.807) is 0 Å². The van der Waals surface area contributed by atoms with E-state index in [1.807, 2.05) is 0 Å². The molecule has 1 aliphatic heterocycles. The maximum Gasteiger partial charge on any atom is 0.243 e. The minimum atomic E-state index is -0.288. The zero-order valence-corrected chi connectivity index (χ0v) is 6.52. The van der Waals surface area contributed by atoms with Crippen molar-refractivity contribution in [2.45, 2.75) is 25.8 Å². The average Bonchev–Trinajstić information content (AvgIpc) is 2.35. The summed E-state index contributed by atoms with van der Waals surface area (Å²) < 4.78 is 0. The fourth-order valence-electron chi connectivity index (χ4n) is 1.17. The summed E-state index contributed by atoms with van der Waals surface area (Å²) in [5.74, 6) is -0.487. The van der Waals surface area contributed by atoms with Crippen LogP contribution < -0.4 is 10.6 Å². The molecule has 1 atom stereocenters. The lowest BCUT2D eigenvalue weighted by atomic mass is 10.2. The number of carbonyl (C=O) groups is 2. The van der Waals surface area contributed by atoms with Crippen molar-refractivity contribution in [1.82, 2.24) is 10.6 Å². The smallest absolute Gasteiger partial charge is 0.243 e. The van der Waals surface area contributed by atoms with Crippen molar-refractivity contribution < 1.29 is 9.59 Å². The molecule has 0 unspecified atom stereocenters. The Morgan fingerprint density at radius 3 is 2.73 bits per heavy atom. The molecule has 1 fully saturated rings. The molecule has 1 heterocycles. The topological polar surface area (TPSA) is 58.2 Å². The third kappa shape index (κ3) is 2.31. The maximum atomic E-state index is 11.1. The molecule has 0 aliphatic carbocycles. The predicted octanol–water partition coefficient (Wildman–Crippen LogP) is -0.599. The standard InChI is InChI=1S/C7H12N2O2/c1-5(10)9-7(11)6-3-2-4-8-6/h6,8H,2-4H2,1H3,(H,9,10,11)/t6-/m1/s1. The first-order chi connectivity index (χ1) is 5.20. The molecule has 4 nitrogen and oxygen atoms in total. The average molecular weight is 156 g/mol. The number of hydrogen-bond donors (Lipinski definition) is 2. The lowest BCUT2D eigenvalue weighted by molar-refractivity contribution is -0.130. The molecule has 0 spiro atoms. The molecule has 62 valence electrons. The monoisotopic (exact) mass is 156 g/mol. The fraction of sp³-hybridized carbons (Fsp3) is 0.714. The second-order valence-electron chi connectivity index (χ2n) is 2.69. The molecule has 2 N–H and O–H groups in total. The summed E-state index contributed by atoms with van der Waals surface area (Å²) in [5.41, 5.74) is 0. The largest absolute Gasteiger partial charge is 0.306 e. The third-order valence-electron chi connectivity index (χ3n) is 1.68. The fourth-order valence-corrected chi connectivity index (χ4v) is 1.17. The first-order valence-corrected chi connectivity index (χ1v) is 3.75. The zero-order chi connectivity index (χ0) is 8.27. The van der Waals surface area contributed by atoms with Crippen LogP contribution in [0, 0.1) is 0 Å². The Balaban J connectivity index is 2.34. The van der Waals surface area contributed by atoms with Crippen molar-refractivity contribution in [2.75, 3.05) is 6.54 Å². The molecule has 0 aromatic rings. The van der Waals surface area contributed by atoms with Crippen LogP contribution in [0.4, 0.5) is 0 Å². The van der Waals surface area contributed by atoms with Crippen LogP contribution in [0.15, 0.2) is 0 Å². The van der Waals surface area contributed by atoms with Gasteiger partial charge < -0.3 is 5.32 Å². The van der Waals surface area contributed by atoms with Crippen molar-refractivity contribution >= 4 is 11.8 Å². The van der Waals surface area contributed by atoms with Crippen LogP contribution >= 0.6 is 0 Å². The molecule has 11 heavy (non-hydrogen) atoms. The van der Waals surface area contributed by atoms with Gasteiger partial charge in [-0.25, -0.2) is 0 Å². The van der Waals surface area contributed by atoms with Gasteiger partial charge in [0.05, 0.1) is 6.04 Å². The summed E-state index contributed by atoms with van der Waals surface area (Å²) in [6.45, 7) is 2.21. The number of carbonyl (C=O) groups excluding carboxylic acids is 2. The van der Waals surface area contributed by atoms with Crippen LogP contribution in [0.2, 0.25) is 0 Å². The summed E-state index contributed by atoms with van der Waals surface area (Å²) in [7, 11) is 0. The minimum absolute atomic E-state index is 0.154. The highest BCUT2D eigenvalue weighted by atomic mass is 16.2. The summed E-state index contributed by atoms with van der Waals surface area (Å²) in [5, 5.41) is 5.24. The lowest BCUT2D eigenvalue weighted by Gasteiger charge is -2.07. The Bertz CT molecular complexity index is 173. The van der Waals surface area contributed by atoms with E-state index < -0.39 is 0 Å². The number of hydrogen-bond acceptors (Lipinski definition) is 3. The number of imide groups is 1. The highest BCUT2D eigenvalue weighted by Crippen LogP contribution is 2.03. The first kappa shape index (κ1) is 8.20. The van der Waals surface area contributed by atoms with Crippen LogP contribution in [0.25, 0.3) is 0 Å². The summed E-state index contributed by atoms with van der Waals surface area (Å²) in [4.78, 5) is 21.5. The number of amides is 2. The SMILES string of the molecule is CC(=O)NC(=O)[C@H]1CCCN1. The van der Waals surface area contributed by atoms with Gasteiger partial charge in [-0.15, -0.1) is 0 Å². The second kappa shape index (κ2) is 3.48. The van der Waals surface area contributed by atoms with Gasteiger partial charge >= 0.3 is 0 Å². The maximum absolute atomic E-state index is 11.1. The molecule has 4 heteroatoms. The molecule has 2 amide bonds. The quantitative estimate of drug-likeness (QED) is 0.533. The van der Waals surface area contributed by atoms with Gasteiger partial charge in [0, 0.05) is 6.92 Å². The lowest BCUT2D eigenvalue weighted by Crippen LogP contribution is -2.42. The number of nitrogens with one attached hydrogen (secondary N) is 2. The van der Waals surface area contributed by atoms with Gasteiger partial charge in [-0.2, -0.15) is 0 Å². The van der Waals surface area contributed by atoms with Crippen LogP contribution in [0.1, 0.15) is 19.8 Å². The molecule has 0 aromatic carbocycles. The van der Waals surface area contributed by atoms with E-state index in [0.29, 0.717) is 0 Å². The molecule has 0 aromatic heterocycles. The molecule has 1 saturated heterocycles. The van der Waals surface area contributed by atoms with Gasteiger partial charge in [-0.3, -0.25) is 14.9 Å². The highest BCUT2D eigenvalue weighted by molar-refractivity contribution is 5.96. The molecule has 0 saturated carbocycles. The van der Waals surface area contributed by atoms with Crippen LogP contribution in [0.5, 0.6) is 0 Å². The first-order valence-electron chi connectivity index (χ1n) is 3.75. The normalized spacial score (nSPS) is 23.2. The van der Waals surface area contributed by atoms with Crippen molar-refractivity contribution in [3.05, 3.63) is 0 Å². The summed E-state index contributed by atoms with van der Waals surface area (Å²) >= 11 is 0. The van der Waals surface area contributed by atoms with Crippen molar-refractivity contribution in [2.24, 2.45) is 0 Å². The Kier molecular flexibility index (Phi) is 2.59. The molecular weight excluding hydrogens is 144 g/mol. The molecule has 0 radical (unpaired) electrons. The van der Waals surface area contributed by atoms with E-state index in [2.05, 4.69) is 10.6 Å². The van der Waals surface area contributed by atoms with E-state index in [0.717, 1.165) is 19.4 Å². The molecule has 1 aliphatic rings. The van der Waals surface area contributed by atoms with Gasteiger partial charge in [-0.1, -0.05) is 0 Å². The predicted molar refractivity (Wildman–Crippen MR) is 39.8 cm³/mol. The van der Waals surface area contributed by atoms with Gasteiger partial charge in [0.2, 0.25) is 11.8 Å². The van der Waals surface area contributed by atoms with E-state index >= 15 is 0 Å². The van der Waals surface area contributed by atoms with Crippen molar-refractivity contribution in [1.29, 1.82) is 0 Å². The van der Waals surface area contributed by atoms with E-state index in [-0.39, 0.29) is 17.9 Å². The minimum Gasteiger partial charge on any atom is -0.306 e. The van der Waals surface area contributed by atoms with Crippen LogP contribution in [-0.2, 0) is 9.59 Å². The van der Waals surface area contributed by atoms with E-state index in [1.165, 1.54) is 6.92 Å². The Labute approximate surface area is 65.3 Å². The van der Waals surface area contributed by atoms with Gasteiger partial charge in [-0.05, 0) is 19.4 Å². The van der Waals surface area contributed by atoms with Gasteiger partial charge in [0.1, 0.15) is 0 Å². The Morgan fingerprint density at radius 2 is 2.27 bits per heavy atom. The summed E-state index contributed by atoms with van der Waals surface area (Å²) in [6.07, 6.45) is 1.84. The molecule has 1 rings (SSSR count). The Morgan fingerprint density at radius 1 is 1.55 bits per heavy atom. The van der Waals surface area contributed by atoms with Crippen LogP contribution in [0.3, 0.4) is 0 Å². The van der Waals surface area contributed by atoms with Crippen LogP contribution in [-0.4, -0.2) is 24.4 Å². The van der Waals surface area contributed by atoms with Gasteiger partial charge in [0.15, 0.2) is 0 Å². The zero-order valence-electron chi connectivity index (χ0n) is 6.52. The molecule has 0 bridgehead atoms. The van der Waals surface area contributed by atoms with Crippen molar-refractivity contribution in [3.63, 3.8) is 0 Å².